The Labute approximate surface area is 172 Å². The monoisotopic (exact) mass is 409 g/mol. The average Bonchev–Trinajstić information content (AvgIpc) is 3.24. The molecule has 3 N–H and O–H groups in total. The number of aryl methyl sites for hydroxylation is 1. The predicted molar refractivity (Wildman–Crippen MR) is 116 cm³/mol. The third kappa shape index (κ3) is 3.85. The number of piperidine rings is 1. The van der Waals surface area contributed by atoms with Gasteiger partial charge in [0.2, 0.25) is 0 Å². The van der Waals surface area contributed by atoms with E-state index in [-0.39, 0.29) is 17.2 Å². The molecule has 0 radical (unpaired) electrons. The van der Waals surface area contributed by atoms with Gasteiger partial charge in [-0.05, 0) is 36.4 Å². The number of hydrogen-bond acceptors (Lipinski definition) is 7. The highest BCUT2D eigenvalue weighted by atomic mass is 32.1. The number of nitrogens with one attached hydrogen (secondary N) is 2. The van der Waals surface area contributed by atoms with Gasteiger partial charge in [-0.3, -0.25) is 10.1 Å². The highest BCUT2D eigenvalue weighted by molar-refractivity contribution is 7.14. The molecule has 1 atom stereocenters. The molecule has 1 fully saturated rings. The van der Waals surface area contributed by atoms with Crippen molar-refractivity contribution in [2.24, 2.45) is 7.05 Å². The number of fused-ring (bicyclic) bond motifs is 1. The summed E-state index contributed by atoms with van der Waals surface area (Å²) in [6, 6.07) is 13.8. The standard InChI is InChI=1S/C21H23N5O2S/c1-25-17-6-3-2-5-15(17)19(16(13-22)20(25)27)26-10-8-14(9-11-26)23-21(28)24-18-7-4-12-29-18/h2-7,12,14,21,23-24,28H,8-11H2,1H3. The minimum absolute atomic E-state index is 0.150. The van der Waals surface area contributed by atoms with Crippen LogP contribution in [0.1, 0.15) is 18.4 Å². The van der Waals surface area contributed by atoms with E-state index in [0.717, 1.165) is 34.4 Å². The molecule has 1 aliphatic rings. The maximum atomic E-state index is 12.7. The third-order valence-corrected chi connectivity index (χ3v) is 6.19. The van der Waals surface area contributed by atoms with Gasteiger partial charge in [0.1, 0.15) is 11.6 Å². The number of thiophene rings is 1. The molecule has 150 valence electrons. The quantitative estimate of drug-likeness (QED) is 0.561. The number of benzene rings is 1. The van der Waals surface area contributed by atoms with Crippen LogP contribution in [0.4, 0.5) is 10.7 Å². The second-order valence-corrected chi connectivity index (χ2v) is 8.12. The first-order chi connectivity index (χ1) is 14.1. The highest BCUT2D eigenvalue weighted by Gasteiger charge is 2.26. The van der Waals surface area contributed by atoms with Crippen LogP contribution in [0.15, 0.2) is 46.6 Å². The first-order valence-electron chi connectivity index (χ1n) is 9.59. The van der Waals surface area contributed by atoms with Gasteiger partial charge in [-0.1, -0.05) is 18.2 Å². The summed E-state index contributed by atoms with van der Waals surface area (Å²) in [5.41, 5.74) is 1.47. The molecule has 29 heavy (non-hydrogen) atoms. The second-order valence-electron chi connectivity index (χ2n) is 7.17. The fourth-order valence-electron chi connectivity index (χ4n) is 3.94. The summed E-state index contributed by atoms with van der Waals surface area (Å²) >= 11 is 1.54. The number of nitriles is 1. The number of aliphatic hydroxyl groups excluding tert-OH is 1. The maximum Gasteiger partial charge on any atom is 0.270 e. The Morgan fingerprint density at radius 2 is 2.00 bits per heavy atom. The number of anilines is 2. The van der Waals surface area contributed by atoms with Crippen LogP contribution in [0.5, 0.6) is 0 Å². The maximum absolute atomic E-state index is 12.7. The van der Waals surface area contributed by atoms with Crippen molar-refractivity contribution in [3.63, 3.8) is 0 Å². The van der Waals surface area contributed by atoms with Crippen LogP contribution in [-0.4, -0.2) is 35.2 Å². The van der Waals surface area contributed by atoms with Gasteiger partial charge >= 0.3 is 0 Å². The van der Waals surface area contributed by atoms with Crippen LogP contribution in [0.2, 0.25) is 0 Å². The van der Waals surface area contributed by atoms with Crippen LogP contribution in [-0.2, 0) is 7.05 Å². The van der Waals surface area contributed by atoms with Crippen LogP contribution in [0.3, 0.4) is 0 Å². The molecular weight excluding hydrogens is 386 g/mol. The van der Waals surface area contributed by atoms with Gasteiger partial charge < -0.3 is 19.9 Å². The molecule has 0 saturated carbocycles. The summed E-state index contributed by atoms with van der Waals surface area (Å²) in [7, 11) is 1.70. The molecule has 0 spiro atoms. The summed E-state index contributed by atoms with van der Waals surface area (Å²) in [5, 5.41) is 29.9. The van der Waals surface area contributed by atoms with E-state index in [1.165, 1.54) is 15.9 Å². The third-order valence-electron chi connectivity index (χ3n) is 5.39. The molecule has 4 rings (SSSR count). The van der Waals surface area contributed by atoms with E-state index in [2.05, 4.69) is 21.6 Å². The molecule has 1 saturated heterocycles. The van der Waals surface area contributed by atoms with Crippen LogP contribution in [0, 0.1) is 11.3 Å². The fraction of sp³-hybridized carbons (Fsp3) is 0.333. The Morgan fingerprint density at radius 1 is 1.24 bits per heavy atom. The Kier molecular flexibility index (Phi) is 5.53. The topological polar surface area (TPSA) is 93.3 Å². The van der Waals surface area contributed by atoms with E-state index in [4.69, 9.17) is 0 Å². The van der Waals surface area contributed by atoms with Crippen molar-refractivity contribution < 1.29 is 5.11 Å². The van der Waals surface area contributed by atoms with Crippen molar-refractivity contribution in [2.45, 2.75) is 25.2 Å². The summed E-state index contributed by atoms with van der Waals surface area (Å²) in [6.45, 7) is 1.41. The highest BCUT2D eigenvalue weighted by Crippen LogP contribution is 2.30. The van der Waals surface area contributed by atoms with Crippen molar-refractivity contribution in [2.75, 3.05) is 23.3 Å². The lowest BCUT2D eigenvalue weighted by Gasteiger charge is -2.36. The molecule has 7 nitrogen and oxygen atoms in total. The van der Waals surface area contributed by atoms with E-state index in [9.17, 15) is 15.2 Å². The molecule has 2 aromatic heterocycles. The Balaban J connectivity index is 1.52. The first kappa shape index (κ1) is 19.5. The molecule has 1 aliphatic heterocycles. The molecular formula is C21H23N5O2S. The molecule has 8 heteroatoms. The normalized spacial score (nSPS) is 16.0. The zero-order chi connectivity index (χ0) is 20.4. The smallest absolute Gasteiger partial charge is 0.270 e. The van der Waals surface area contributed by atoms with Gasteiger partial charge in [0.15, 0.2) is 6.35 Å². The van der Waals surface area contributed by atoms with Crippen molar-refractivity contribution in [1.29, 1.82) is 5.26 Å². The summed E-state index contributed by atoms with van der Waals surface area (Å²) < 4.78 is 1.54. The number of rotatable bonds is 5. The lowest BCUT2D eigenvalue weighted by atomic mass is 10.0. The van der Waals surface area contributed by atoms with Crippen molar-refractivity contribution in [3.8, 4) is 6.07 Å². The van der Waals surface area contributed by atoms with Crippen molar-refractivity contribution >= 4 is 32.9 Å². The molecule has 1 unspecified atom stereocenters. The number of pyridine rings is 1. The summed E-state index contributed by atoms with van der Waals surface area (Å²) in [4.78, 5) is 14.8. The minimum atomic E-state index is -0.815. The van der Waals surface area contributed by atoms with Gasteiger partial charge in [-0.25, -0.2) is 0 Å². The predicted octanol–water partition coefficient (Wildman–Crippen LogP) is 2.42. The van der Waals surface area contributed by atoms with Crippen molar-refractivity contribution in [1.82, 2.24) is 9.88 Å². The van der Waals surface area contributed by atoms with Crippen LogP contribution in [0.25, 0.3) is 10.9 Å². The van der Waals surface area contributed by atoms with Crippen LogP contribution >= 0.6 is 11.3 Å². The van der Waals surface area contributed by atoms with E-state index in [1.54, 1.807) is 7.05 Å². The van der Waals surface area contributed by atoms with E-state index < -0.39 is 6.35 Å². The fourth-order valence-corrected chi connectivity index (χ4v) is 4.58. The first-order valence-corrected chi connectivity index (χ1v) is 10.5. The SMILES string of the molecule is Cn1c(=O)c(C#N)c(N2CCC(NC(O)Nc3cccs3)CC2)c2ccccc21. The average molecular weight is 410 g/mol. The summed E-state index contributed by atoms with van der Waals surface area (Å²) in [6.07, 6.45) is 0.791. The van der Waals surface area contributed by atoms with Gasteiger partial charge in [0, 0.05) is 31.6 Å². The number of aromatic nitrogens is 1. The minimum Gasteiger partial charge on any atom is -0.370 e. The molecule has 3 aromatic rings. The van der Waals surface area contributed by atoms with Crippen molar-refractivity contribution in [3.05, 3.63) is 57.7 Å². The van der Waals surface area contributed by atoms with E-state index in [1.807, 2.05) is 41.8 Å². The second kappa shape index (κ2) is 8.25. The Bertz CT molecular complexity index is 1090. The molecule has 0 aliphatic carbocycles. The number of nitrogens with zero attached hydrogens (tertiary/aromatic N) is 3. The molecule has 1 aromatic carbocycles. The zero-order valence-corrected chi connectivity index (χ0v) is 16.9. The Morgan fingerprint density at radius 3 is 2.69 bits per heavy atom. The van der Waals surface area contributed by atoms with Gasteiger partial charge in [-0.2, -0.15) is 5.26 Å². The lowest BCUT2D eigenvalue weighted by Crippen LogP contribution is -2.49. The van der Waals surface area contributed by atoms with E-state index in [0.29, 0.717) is 13.1 Å². The number of hydrogen-bond donors (Lipinski definition) is 3. The zero-order valence-electron chi connectivity index (χ0n) is 16.1. The molecule has 3 heterocycles. The number of aliphatic hydroxyl groups is 1. The van der Waals surface area contributed by atoms with Gasteiger partial charge in [-0.15, -0.1) is 11.3 Å². The van der Waals surface area contributed by atoms with Crippen LogP contribution < -0.4 is 21.1 Å². The molecule has 0 bridgehead atoms. The lowest BCUT2D eigenvalue weighted by molar-refractivity contribution is 0.142. The Hall–Kier alpha value is -2.86. The van der Waals surface area contributed by atoms with Gasteiger partial charge in [0.05, 0.1) is 16.2 Å². The van der Waals surface area contributed by atoms with Gasteiger partial charge in [0.25, 0.3) is 5.56 Å². The number of para-hydroxylation sites is 1. The largest absolute Gasteiger partial charge is 0.370 e. The van der Waals surface area contributed by atoms with E-state index >= 15 is 0 Å². The summed E-state index contributed by atoms with van der Waals surface area (Å²) in [5.74, 6) is 0. The molecule has 0 amide bonds.